The predicted molar refractivity (Wildman–Crippen MR) is 118 cm³/mol. The maximum Gasteiger partial charge on any atom is 0.308 e. The summed E-state index contributed by atoms with van der Waals surface area (Å²) in [5, 5.41) is 0. The number of hydrogen-bond acceptors (Lipinski definition) is 6. The molecule has 0 saturated carbocycles. The molecule has 3 amide bonds. The molecule has 168 valence electrons. The van der Waals surface area contributed by atoms with E-state index in [-0.39, 0.29) is 18.4 Å². The fourth-order valence-corrected chi connectivity index (χ4v) is 3.68. The van der Waals surface area contributed by atoms with Gasteiger partial charge in [0.05, 0.1) is 19.2 Å². The third-order valence-corrected chi connectivity index (χ3v) is 5.43. The van der Waals surface area contributed by atoms with Crippen LogP contribution in [-0.4, -0.2) is 47.8 Å². The van der Waals surface area contributed by atoms with Crippen LogP contribution in [-0.2, 0) is 14.4 Å². The Kier molecular flexibility index (Phi) is 6.92. The molecule has 0 radical (unpaired) electrons. The van der Waals surface area contributed by atoms with Crippen LogP contribution in [0, 0.1) is 0 Å². The van der Waals surface area contributed by atoms with Crippen LogP contribution >= 0.6 is 0 Å². The van der Waals surface area contributed by atoms with E-state index >= 15 is 0 Å². The van der Waals surface area contributed by atoms with Crippen molar-refractivity contribution in [2.24, 2.45) is 0 Å². The summed E-state index contributed by atoms with van der Waals surface area (Å²) in [7, 11) is 1.51. The summed E-state index contributed by atoms with van der Waals surface area (Å²) in [5.74, 6) is -0.823. The topological polar surface area (TPSA) is 93.2 Å². The van der Waals surface area contributed by atoms with Crippen LogP contribution in [0.5, 0.6) is 11.5 Å². The van der Waals surface area contributed by atoms with Crippen molar-refractivity contribution < 1.29 is 28.7 Å². The molecule has 2 aromatic carbocycles. The van der Waals surface area contributed by atoms with Gasteiger partial charge in [-0.25, -0.2) is 4.90 Å². The second-order valence-corrected chi connectivity index (χ2v) is 7.58. The maximum atomic E-state index is 13.4. The average Bonchev–Trinajstić information content (AvgIpc) is 3.07. The standard InChI is InChI=1S/C24H26N2O6/c1-5-15(2)25(23(29)17-7-6-8-20(13-17)31-4)21-14-22(28)26(24(21)30)18-9-11-19(12-10-18)32-16(3)27/h6-13,15,21H,5,14H2,1-4H3. The molecule has 8 heteroatoms. The predicted octanol–water partition coefficient (Wildman–Crippen LogP) is 3.19. The quantitative estimate of drug-likeness (QED) is 0.374. The van der Waals surface area contributed by atoms with Gasteiger partial charge in [-0.3, -0.25) is 19.2 Å². The van der Waals surface area contributed by atoms with E-state index in [1.165, 1.54) is 43.2 Å². The van der Waals surface area contributed by atoms with E-state index < -0.39 is 23.8 Å². The Balaban J connectivity index is 1.90. The normalized spacial score (nSPS) is 16.6. The number of hydrogen-bond donors (Lipinski definition) is 0. The van der Waals surface area contributed by atoms with Crippen molar-refractivity contribution >= 4 is 29.4 Å². The first-order chi connectivity index (χ1) is 15.3. The highest BCUT2D eigenvalue weighted by Gasteiger charge is 2.45. The number of benzene rings is 2. The second kappa shape index (κ2) is 9.64. The van der Waals surface area contributed by atoms with E-state index in [1.807, 2.05) is 13.8 Å². The van der Waals surface area contributed by atoms with Crippen LogP contribution in [0.15, 0.2) is 48.5 Å². The van der Waals surface area contributed by atoms with Crippen molar-refractivity contribution in [2.75, 3.05) is 12.0 Å². The van der Waals surface area contributed by atoms with Gasteiger partial charge in [-0.05, 0) is 55.8 Å². The molecular weight excluding hydrogens is 412 g/mol. The summed E-state index contributed by atoms with van der Waals surface area (Å²) in [6, 6.07) is 11.6. The van der Waals surface area contributed by atoms with Gasteiger partial charge in [0.2, 0.25) is 5.91 Å². The lowest BCUT2D eigenvalue weighted by molar-refractivity contribution is -0.132. The molecule has 0 bridgehead atoms. The van der Waals surface area contributed by atoms with Crippen LogP contribution in [0.4, 0.5) is 5.69 Å². The third kappa shape index (κ3) is 4.64. The first kappa shape index (κ1) is 23.0. The monoisotopic (exact) mass is 438 g/mol. The summed E-state index contributed by atoms with van der Waals surface area (Å²) in [6.07, 6.45) is 0.509. The Hall–Kier alpha value is -3.68. The fourth-order valence-electron chi connectivity index (χ4n) is 3.68. The molecule has 3 rings (SSSR count). The van der Waals surface area contributed by atoms with E-state index in [4.69, 9.17) is 9.47 Å². The number of methoxy groups -OCH3 is 1. The Labute approximate surface area is 186 Å². The van der Waals surface area contributed by atoms with E-state index in [0.29, 0.717) is 29.2 Å². The van der Waals surface area contributed by atoms with Gasteiger partial charge in [0.25, 0.3) is 11.8 Å². The molecule has 1 saturated heterocycles. The highest BCUT2D eigenvalue weighted by Crippen LogP contribution is 2.30. The fraction of sp³-hybridized carbons (Fsp3) is 0.333. The Morgan fingerprint density at radius 1 is 1.12 bits per heavy atom. The molecular formula is C24H26N2O6. The molecule has 0 spiro atoms. The minimum Gasteiger partial charge on any atom is -0.497 e. The number of amides is 3. The van der Waals surface area contributed by atoms with Crippen molar-refractivity contribution in [1.82, 2.24) is 4.90 Å². The summed E-state index contributed by atoms with van der Waals surface area (Å²) >= 11 is 0. The molecule has 8 nitrogen and oxygen atoms in total. The molecule has 1 aliphatic heterocycles. The number of esters is 1. The molecule has 0 N–H and O–H groups in total. The van der Waals surface area contributed by atoms with Crippen LogP contribution in [0.25, 0.3) is 0 Å². The third-order valence-electron chi connectivity index (χ3n) is 5.43. The van der Waals surface area contributed by atoms with Crippen molar-refractivity contribution in [3.05, 3.63) is 54.1 Å². The number of nitrogens with zero attached hydrogens (tertiary/aromatic N) is 2. The van der Waals surface area contributed by atoms with Gasteiger partial charge in [0.1, 0.15) is 17.5 Å². The van der Waals surface area contributed by atoms with Crippen molar-refractivity contribution in [3.8, 4) is 11.5 Å². The van der Waals surface area contributed by atoms with Gasteiger partial charge in [-0.15, -0.1) is 0 Å². The van der Waals surface area contributed by atoms with E-state index in [0.717, 1.165) is 4.90 Å². The van der Waals surface area contributed by atoms with Crippen LogP contribution in [0.2, 0.25) is 0 Å². The van der Waals surface area contributed by atoms with E-state index in [9.17, 15) is 19.2 Å². The van der Waals surface area contributed by atoms with Gasteiger partial charge in [-0.2, -0.15) is 0 Å². The zero-order valence-corrected chi connectivity index (χ0v) is 18.5. The number of anilines is 1. The van der Waals surface area contributed by atoms with Gasteiger partial charge < -0.3 is 14.4 Å². The minimum absolute atomic E-state index is 0.107. The molecule has 1 fully saturated rings. The number of carbonyl (C=O) groups is 4. The van der Waals surface area contributed by atoms with E-state index in [1.54, 1.807) is 24.3 Å². The average molecular weight is 438 g/mol. The Bertz CT molecular complexity index is 1030. The second-order valence-electron chi connectivity index (χ2n) is 7.58. The minimum atomic E-state index is -0.913. The van der Waals surface area contributed by atoms with Gasteiger partial charge >= 0.3 is 5.97 Å². The summed E-state index contributed by atoms with van der Waals surface area (Å²) in [5.41, 5.74) is 0.741. The van der Waals surface area contributed by atoms with Crippen molar-refractivity contribution in [1.29, 1.82) is 0 Å². The smallest absolute Gasteiger partial charge is 0.308 e. The van der Waals surface area contributed by atoms with E-state index in [2.05, 4.69) is 0 Å². The molecule has 1 heterocycles. The van der Waals surface area contributed by atoms with Gasteiger partial charge in [-0.1, -0.05) is 13.0 Å². The lowest BCUT2D eigenvalue weighted by Crippen LogP contribution is -2.49. The maximum absolute atomic E-state index is 13.4. The first-order valence-corrected chi connectivity index (χ1v) is 10.4. The van der Waals surface area contributed by atoms with Crippen molar-refractivity contribution in [2.45, 2.75) is 45.7 Å². The molecule has 32 heavy (non-hydrogen) atoms. The summed E-state index contributed by atoms with van der Waals surface area (Å²) in [4.78, 5) is 53.2. The van der Waals surface area contributed by atoms with Gasteiger partial charge in [0.15, 0.2) is 0 Å². The number of rotatable bonds is 7. The number of ether oxygens (including phenoxy) is 2. The summed E-state index contributed by atoms with van der Waals surface area (Å²) < 4.78 is 10.2. The molecule has 0 aliphatic carbocycles. The molecule has 1 aliphatic rings. The Morgan fingerprint density at radius 3 is 2.41 bits per heavy atom. The Morgan fingerprint density at radius 2 is 1.81 bits per heavy atom. The SMILES string of the molecule is CCC(C)N(C(=O)c1cccc(OC)c1)C1CC(=O)N(c2ccc(OC(C)=O)cc2)C1=O. The molecule has 2 atom stereocenters. The lowest BCUT2D eigenvalue weighted by atomic mass is 10.1. The number of carbonyl (C=O) groups excluding carboxylic acids is 4. The van der Waals surface area contributed by atoms with Crippen molar-refractivity contribution in [3.63, 3.8) is 0 Å². The zero-order chi connectivity index (χ0) is 23.4. The number of imide groups is 1. The zero-order valence-electron chi connectivity index (χ0n) is 18.5. The lowest BCUT2D eigenvalue weighted by Gasteiger charge is -2.33. The molecule has 2 aromatic rings. The first-order valence-electron chi connectivity index (χ1n) is 10.4. The van der Waals surface area contributed by atoms with Crippen LogP contribution in [0.1, 0.15) is 44.0 Å². The highest BCUT2D eigenvalue weighted by atomic mass is 16.5. The molecule has 2 unspecified atom stereocenters. The summed E-state index contributed by atoms with van der Waals surface area (Å²) in [6.45, 7) is 5.06. The largest absolute Gasteiger partial charge is 0.497 e. The van der Waals surface area contributed by atoms with Crippen LogP contribution in [0.3, 0.4) is 0 Å². The van der Waals surface area contributed by atoms with Gasteiger partial charge in [0, 0.05) is 18.5 Å². The highest BCUT2D eigenvalue weighted by molar-refractivity contribution is 6.23. The molecule has 0 aromatic heterocycles. The van der Waals surface area contributed by atoms with Crippen LogP contribution < -0.4 is 14.4 Å².